The number of hydrogen-bond acceptors (Lipinski definition) is 3. The van der Waals surface area contributed by atoms with Crippen molar-refractivity contribution in [3.05, 3.63) is 35.9 Å². The Balaban J connectivity index is 1.83. The minimum atomic E-state index is -3.11. The average Bonchev–Trinajstić information content (AvgIpc) is 3.33. The van der Waals surface area contributed by atoms with Crippen LogP contribution in [0.2, 0.25) is 0 Å². The van der Waals surface area contributed by atoms with Crippen LogP contribution in [0, 0.1) is 0 Å². The predicted molar refractivity (Wildman–Crippen MR) is 98.8 cm³/mol. The molecular weight excluding hydrogens is 324 g/mol. The normalized spacial score (nSPS) is 16.7. The van der Waals surface area contributed by atoms with Crippen LogP contribution in [0.3, 0.4) is 0 Å². The minimum Gasteiger partial charge on any atom is -0.357 e. The van der Waals surface area contributed by atoms with Gasteiger partial charge in [-0.2, -0.15) is 0 Å². The van der Waals surface area contributed by atoms with E-state index in [9.17, 15) is 8.42 Å². The number of benzene rings is 1. The van der Waals surface area contributed by atoms with E-state index in [2.05, 4.69) is 39.6 Å². The Morgan fingerprint density at radius 2 is 1.88 bits per heavy atom. The maximum absolute atomic E-state index is 11.0. The maximum atomic E-state index is 11.0. The molecule has 0 spiro atoms. The second kappa shape index (κ2) is 8.48. The molecule has 0 unspecified atom stereocenters. The molecule has 0 saturated heterocycles. The molecule has 1 aliphatic rings. The van der Waals surface area contributed by atoms with Gasteiger partial charge < -0.3 is 10.6 Å². The summed E-state index contributed by atoms with van der Waals surface area (Å²) in [4.78, 5) is 4.73. The molecule has 1 aliphatic carbocycles. The number of nitrogens with zero attached hydrogens (tertiary/aromatic N) is 1. The molecule has 134 valence electrons. The molecule has 0 radical (unpaired) electrons. The van der Waals surface area contributed by atoms with Crippen molar-refractivity contribution in [1.29, 1.82) is 0 Å². The highest BCUT2D eigenvalue weighted by atomic mass is 32.2. The van der Waals surface area contributed by atoms with Gasteiger partial charge in [-0.3, -0.25) is 4.99 Å². The highest BCUT2D eigenvalue weighted by molar-refractivity contribution is 7.88. The van der Waals surface area contributed by atoms with Crippen molar-refractivity contribution in [3.8, 4) is 0 Å². The van der Waals surface area contributed by atoms with Gasteiger partial charge in [0, 0.05) is 25.0 Å². The van der Waals surface area contributed by atoms with Gasteiger partial charge in [-0.15, -0.1) is 0 Å². The summed E-state index contributed by atoms with van der Waals surface area (Å²) in [5.41, 5.74) is 1.56. The van der Waals surface area contributed by atoms with Crippen LogP contribution in [-0.4, -0.2) is 46.8 Å². The number of guanidine groups is 1. The highest BCUT2D eigenvalue weighted by Crippen LogP contribution is 2.48. The summed E-state index contributed by atoms with van der Waals surface area (Å²) in [5.74, 6) is 0.791. The molecule has 0 atom stereocenters. The standard InChI is InChI=1S/C17H28N4O2S/c1-3-18-16(19-12-7-13-21-24(2,22)23)20-14-17(10-11-17)15-8-5-4-6-9-15/h4-6,8-9,21H,3,7,10-14H2,1-2H3,(H2,18,19,20). The van der Waals surface area contributed by atoms with E-state index in [1.54, 1.807) is 0 Å². The zero-order valence-electron chi connectivity index (χ0n) is 14.5. The fourth-order valence-electron chi connectivity index (χ4n) is 2.61. The summed E-state index contributed by atoms with van der Waals surface area (Å²) in [6.45, 7) is 4.71. The average molecular weight is 353 g/mol. The SMILES string of the molecule is CCNC(=NCC1(c2ccccc2)CC1)NCCCNS(C)(=O)=O. The Morgan fingerprint density at radius 3 is 2.46 bits per heavy atom. The van der Waals surface area contributed by atoms with E-state index in [1.165, 1.54) is 24.7 Å². The summed E-state index contributed by atoms with van der Waals surface area (Å²) < 4.78 is 24.5. The first-order chi connectivity index (χ1) is 11.5. The van der Waals surface area contributed by atoms with E-state index in [0.717, 1.165) is 19.0 Å². The van der Waals surface area contributed by atoms with E-state index in [4.69, 9.17) is 4.99 Å². The zero-order chi connectivity index (χ0) is 17.5. The predicted octanol–water partition coefficient (Wildman–Crippen LogP) is 1.21. The number of aliphatic imine (C=N–C) groups is 1. The van der Waals surface area contributed by atoms with Crippen LogP contribution >= 0.6 is 0 Å². The fourth-order valence-corrected chi connectivity index (χ4v) is 3.12. The summed E-state index contributed by atoms with van der Waals surface area (Å²) in [7, 11) is -3.11. The molecule has 2 rings (SSSR count). The summed E-state index contributed by atoms with van der Waals surface area (Å²) in [6.07, 6.45) is 4.24. The lowest BCUT2D eigenvalue weighted by atomic mass is 9.96. The van der Waals surface area contributed by atoms with E-state index >= 15 is 0 Å². The first-order valence-electron chi connectivity index (χ1n) is 8.47. The van der Waals surface area contributed by atoms with E-state index in [1.807, 2.05) is 13.0 Å². The molecule has 24 heavy (non-hydrogen) atoms. The van der Waals surface area contributed by atoms with Crippen molar-refractivity contribution in [3.63, 3.8) is 0 Å². The zero-order valence-corrected chi connectivity index (χ0v) is 15.3. The molecule has 1 aromatic rings. The minimum absolute atomic E-state index is 0.196. The molecular formula is C17H28N4O2S. The molecule has 0 heterocycles. The van der Waals surface area contributed by atoms with Crippen LogP contribution in [0.1, 0.15) is 31.7 Å². The molecule has 6 nitrogen and oxygen atoms in total. The quantitative estimate of drug-likeness (QED) is 0.354. The van der Waals surface area contributed by atoms with Gasteiger partial charge in [-0.05, 0) is 31.7 Å². The largest absolute Gasteiger partial charge is 0.357 e. The molecule has 0 aromatic heterocycles. The van der Waals surface area contributed by atoms with Crippen LogP contribution in [0.4, 0.5) is 0 Å². The first kappa shape index (κ1) is 18.7. The molecule has 1 aromatic carbocycles. The van der Waals surface area contributed by atoms with Gasteiger partial charge in [0.05, 0.1) is 12.8 Å². The number of sulfonamides is 1. The Hall–Kier alpha value is -1.60. The van der Waals surface area contributed by atoms with Crippen molar-refractivity contribution in [2.24, 2.45) is 4.99 Å². The van der Waals surface area contributed by atoms with Crippen molar-refractivity contribution in [1.82, 2.24) is 15.4 Å². The molecule has 0 bridgehead atoms. The number of nitrogens with one attached hydrogen (secondary N) is 3. The van der Waals surface area contributed by atoms with Crippen LogP contribution in [0.25, 0.3) is 0 Å². The van der Waals surface area contributed by atoms with Crippen LogP contribution < -0.4 is 15.4 Å². The van der Waals surface area contributed by atoms with Gasteiger partial charge in [0.15, 0.2) is 5.96 Å². The third-order valence-electron chi connectivity index (χ3n) is 4.13. The summed E-state index contributed by atoms with van der Waals surface area (Å²) >= 11 is 0. The smallest absolute Gasteiger partial charge is 0.208 e. The summed E-state index contributed by atoms with van der Waals surface area (Å²) in [5, 5.41) is 6.50. The van der Waals surface area contributed by atoms with Gasteiger partial charge in [-0.25, -0.2) is 13.1 Å². The van der Waals surface area contributed by atoms with E-state index in [0.29, 0.717) is 19.5 Å². The molecule has 0 amide bonds. The van der Waals surface area contributed by atoms with Crippen LogP contribution in [-0.2, 0) is 15.4 Å². The lowest BCUT2D eigenvalue weighted by Gasteiger charge is -2.16. The van der Waals surface area contributed by atoms with Crippen LogP contribution in [0.15, 0.2) is 35.3 Å². The van der Waals surface area contributed by atoms with Gasteiger partial charge in [0.1, 0.15) is 0 Å². The topological polar surface area (TPSA) is 82.6 Å². The summed E-state index contributed by atoms with van der Waals surface area (Å²) in [6, 6.07) is 10.6. The second-order valence-corrected chi connectivity index (χ2v) is 8.12. The van der Waals surface area contributed by atoms with Crippen molar-refractivity contribution in [2.45, 2.75) is 31.6 Å². The lowest BCUT2D eigenvalue weighted by Crippen LogP contribution is -2.39. The Morgan fingerprint density at radius 1 is 1.17 bits per heavy atom. The molecule has 7 heteroatoms. The maximum Gasteiger partial charge on any atom is 0.208 e. The van der Waals surface area contributed by atoms with Gasteiger partial charge >= 0.3 is 0 Å². The number of hydrogen-bond donors (Lipinski definition) is 3. The van der Waals surface area contributed by atoms with Crippen molar-refractivity contribution in [2.75, 3.05) is 32.4 Å². The fraction of sp³-hybridized carbons (Fsp3) is 0.588. The van der Waals surface area contributed by atoms with Crippen molar-refractivity contribution < 1.29 is 8.42 Å². The van der Waals surface area contributed by atoms with E-state index in [-0.39, 0.29) is 5.41 Å². The molecule has 1 fully saturated rings. The van der Waals surface area contributed by atoms with Gasteiger partial charge in [0.25, 0.3) is 0 Å². The number of rotatable bonds is 9. The molecule has 3 N–H and O–H groups in total. The Labute approximate surface area is 145 Å². The van der Waals surface area contributed by atoms with Crippen molar-refractivity contribution >= 4 is 16.0 Å². The van der Waals surface area contributed by atoms with Gasteiger partial charge in [-0.1, -0.05) is 30.3 Å². The van der Waals surface area contributed by atoms with Crippen LogP contribution in [0.5, 0.6) is 0 Å². The third-order valence-corrected chi connectivity index (χ3v) is 4.86. The third kappa shape index (κ3) is 6.13. The van der Waals surface area contributed by atoms with E-state index < -0.39 is 10.0 Å². The molecule has 0 aliphatic heterocycles. The Bertz CT molecular complexity index is 640. The second-order valence-electron chi connectivity index (χ2n) is 6.29. The van der Waals surface area contributed by atoms with Gasteiger partial charge in [0.2, 0.25) is 10.0 Å². The highest BCUT2D eigenvalue weighted by Gasteiger charge is 2.43. The molecule has 1 saturated carbocycles. The first-order valence-corrected chi connectivity index (χ1v) is 10.4. The monoisotopic (exact) mass is 352 g/mol. The Kier molecular flexibility index (Phi) is 6.62. The lowest BCUT2D eigenvalue weighted by molar-refractivity contribution is 0.584.